The molecule has 0 radical (unpaired) electrons. The predicted molar refractivity (Wildman–Crippen MR) is 53.8 cm³/mol. The van der Waals surface area contributed by atoms with Gasteiger partial charge in [-0.15, -0.1) is 0 Å². The van der Waals surface area contributed by atoms with Crippen molar-refractivity contribution in [2.24, 2.45) is 5.73 Å². The largest absolute Gasteiger partial charge is 0.324 e. The van der Waals surface area contributed by atoms with Crippen molar-refractivity contribution < 1.29 is 0 Å². The zero-order valence-corrected chi connectivity index (χ0v) is 8.58. The van der Waals surface area contributed by atoms with Gasteiger partial charge in [-0.2, -0.15) is 0 Å². The van der Waals surface area contributed by atoms with E-state index in [2.05, 4.69) is 0 Å². The van der Waals surface area contributed by atoms with Crippen LogP contribution in [0.4, 0.5) is 0 Å². The van der Waals surface area contributed by atoms with Crippen LogP contribution in [0.1, 0.15) is 24.1 Å². The number of rotatable bonds is 1. The summed E-state index contributed by atoms with van der Waals surface area (Å²) in [5.41, 5.74) is 7.56. The maximum absolute atomic E-state index is 5.98. The smallest absolute Gasteiger partial charge is 0.0642 e. The van der Waals surface area contributed by atoms with Crippen molar-refractivity contribution in [1.82, 2.24) is 0 Å². The van der Waals surface area contributed by atoms with E-state index in [1.54, 1.807) is 0 Å². The van der Waals surface area contributed by atoms with Crippen molar-refractivity contribution in [3.63, 3.8) is 0 Å². The summed E-state index contributed by atoms with van der Waals surface area (Å²) in [6, 6.07) is 3.76. The Morgan fingerprint density at radius 3 is 2.33 bits per heavy atom. The summed E-state index contributed by atoms with van der Waals surface area (Å²) in [5.74, 6) is 0. The number of hydrogen-bond acceptors (Lipinski definition) is 1. The minimum Gasteiger partial charge on any atom is -0.324 e. The van der Waals surface area contributed by atoms with Gasteiger partial charge in [-0.3, -0.25) is 0 Å². The summed E-state index contributed by atoms with van der Waals surface area (Å²) >= 11 is 11.9. The van der Waals surface area contributed by atoms with Crippen molar-refractivity contribution >= 4 is 23.2 Å². The van der Waals surface area contributed by atoms with Gasteiger partial charge >= 0.3 is 0 Å². The van der Waals surface area contributed by atoms with E-state index in [4.69, 9.17) is 28.9 Å². The monoisotopic (exact) mass is 203 g/mol. The first-order chi connectivity index (χ1) is 5.54. The molecule has 2 N–H and O–H groups in total. The third kappa shape index (κ3) is 1.74. The molecule has 1 nitrogen and oxygen atoms in total. The Kier molecular flexibility index (Phi) is 2.99. The average molecular weight is 204 g/mol. The lowest BCUT2D eigenvalue weighted by atomic mass is 10.1. The van der Waals surface area contributed by atoms with Crippen LogP contribution < -0.4 is 5.73 Å². The molecule has 0 aliphatic carbocycles. The average Bonchev–Trinajstić information content (AvgIpc) is 2.00. The quantitative estimate of drug-likeness (QED) is 0.745. The summed E-state index contributed by atoms with van der Waals surface area (Å²) in [6.45, 7) is 3.80. The van der Waals surface area contributed by atoms with Crippen LogP contribution in [-0.2, 0) is 0 Å². The van der Waals surface area contributed by atoms with E-state index in [1.807, 2.05) is 26.0 Å². The fraction of sp³-hybridized carbons (Fsp3) is 0.333. The first kappa shape index (κ1) is 9.85. The van der Waals surface area contributed by atoms with Crippen LogP contribution in [0.2, 0.25) is 10.0 Å². The molecular weight excluding hydrogens is 193 g/mol. The molecule has 66 valence electrons. The SMILES string of the molecule is Cc1ccc([C@H](C)N)c(Cl)c1Cl. The van der Waals surface area contributed by atoms with Crippen LogP contribution in [-0.4, -0.2) is 0 Å². The first-order valence-electron chi connectivity index (χ1n) is 3.74. The molecule has 0 saturated heterocycles. The van der Waals surface area contributed by atoms with E-state index in [0.29, 0.717) is 10.0 Å². The Bertz CT molecular complexity index is 295. The van der Waals surface area contributed by atoms with Gasteiger partial charge in [0.1, 0.15) is 0 Å². The summed E-state index contributed by atoms with van der Waals surface area (Å²) in [4.78, 5) is 0. The molecular formula is C9H11Cl2N. The van der Waals surface area contributed by atoms with Crippen LogP contribution in [0.3, 0.4) is 0 Å². The molecule has 1 aromatic carbocycles. The molecule has 0 amide bonds. The van der Waals surface area contributed by atoms with Gasteiger partial charge in [0.25, 0.3) is 0 Å². The Labute approximate surface area is 82.5 Å². The van der Waals surface area contributed by atoms with Crippen molar-refractivity contribution in [3.8, 4) is 0 Å². The second-order valence-corrected chi connectivity index (χ2v) is 3.64. The topological polar surface area (TPSA) is 26.0 Å². The third-order valence-corrected chi connectivity index (χ3v) is 2.79. The zero-order chi connectivity index (χ0) is 9.30. The van der Waals surface area contributed by atoms with Gasteiger partial charge in [0.15, 0.2) is 0 Å². The van der Waals surface area contributed by atoms with Crippen LogP contribution in [0.25, 0.3) is 0 Å². The Morgan fingerprint density at radius 1 is 1.25 bits per heavy atom. The summed E-state index contributed by atoms with van der Waals surface area (Å²) < 4.78 is 0. The normalized spacial score (nSPS) is 13.1. The maximum Gasteiger partial charge on any atom is 0.0642 e. The fourth-order valence-corrected chi connectivity index (χ4v) is 1.57. The first-order valence-corrected chi connectivity index (χ1v) is 4.49. The molecule has 1 aromatic rings. The molecule has 0 fully saturated rings. The van der Waals surface area contributed by atoms with E-state index in [-0.39, 0.29) is 6.04 Å². The van der Waals surface area contributed by atoms with Gasteiger partial charge in [-0.05, 0) is 25.0 Å². The number of halogens is 2. The van der Waals surface area contributed by atoms with Crippen LogP contribution >= 0.6 is 23.2 Å². The lowest BCUT2D eigenvalue weighted by molar-refractivity contribution is 0.818. The molecule has 12 heavy (non-hydrogen) atoms. The van der Waals surface area contributed by atoms with E-state index >= 15 is 0 Å². The Morgan fingerprint density at radius 2 is 1.83 bits per heavy atom. The van der Waals surface area contributed by atoms with Gasteiger partial charge in [0.05, 0.1) is 10.0 Å². The van der Waals surface area contributed by atoms with Crippen molar-refractivity contribution in [2.45, 2.75) is 19.9 Å². The highest BCUT2D eigenvalue weighted by Gasteiger charge is 2.09. The van der Waals surface area contributed by atoms with Crippen molar-refractivity contribution in [2.75, 3.05) is 0 Å². The fourth-order valence-electron chi connectivity index (χ4n) is 1.01. The van der Waals surface area contributed by atoms with Crippen molar-refractivity contribution in [3.05, 3.63) is 33.3 Å². The highest BCUT2D eigenvalue weighted by atomic mass is 35.5. The molecule has 0 aliphatic heterocycles. The number of aryl methyl sites for hydroxylation is 1. The van der Waals surface area contributed by atoms with Crippen LogP contribution in [0.5, 0.6) is 0 Å². The summed E-state index contributed by atoms with van der Waals surface area (Å²) in [6.07, 6.45) is 0. The molecule has 1 atom stereocenters. The molecule has 3 heteroatoms. The molecule has 0 aromatic heterocycles. The van der Waals surface area contributed by atoms with E-state index in [0.717, 1.165) is 11.1 Å². The van der Waals surface area contributed by atoms with Crippen LogP contribution in [0.15, 0.2) is 12.1 Å². The highest BCUT2D eigenvalue weighted by molar-refractivity contribution is 6.43. The van der Waals surface area contributed by atoms with Crippen LogP contribution in [0, 0.1) is 6.92 Å². The standard InChI is InChI=1S/C9H11Cl2N/c1-5-3-4-7(6(2)12)9(11)8(5)10/h3-4,6H,12H2,1-2H3/t6-/m0/s1. The summed E-state index contributed by atoms with van der Waals surface area (Å²) in [7, 11) is 0. The van der Waals surface area contributed by atoms with Gasteiger partial charge in [-0.25, -0.2) is 0 Å². The van der Waals surface area contributed by atoms with E-state index in [9.17, 15) is 0 Å². The van der Waals surface area contributed by atoms with Gasteiger partial charge < -0.3 is 5.73 Å². The maximum atomic E-state index is 5.98. The van der Waals surface area contributed by atoms with Gasteiger partial charge in [-0.1, -0.05) is 35.3 Å². The molecule has 0 saturated carbocycles. The third-order valence-electron chi connectivity index (χ3n) is 1.80. The molecule has 1 rings (SSSR count). The lowest BCUT2D eigenvalue weighted by Crippen LogP contribution is -2.05. The van der Waals surface area contributed by atoms with Gasteiger partial charge in [0.2, 0.25) is 0 Å². The highest BCUT2D eigenvalue weighted by Crippen LogP contribution is 2.31. The second kappa shape index (κ2) is 3.65. The Hall–Kier alpha value is -0.240. The molecule has 0 heterocycles. The summed E-state index contributed by atoms with van der Waals surface area (Å²) in [5, 5.41) is 1.18. The minimum atomic E-state index is -0.0735. The predicted octanol–water partition coefficient (Wildman–Crippen LogP) is 3.32. The number of benzene rings is 1. The lowest BCUT2D eigenvalue weighted by Gasteiger charge is -2.10. The number of hydrogen-bond donors (Lipinski definition) is 1. The van der Waals surface area contributed by atoms with Crippen molar-refractivity contribution in [1.29, 1.82) is 0 Å². The van der Waals surface area contributed by atoms with Gasteiger partial charge in [0, 0.05) is 6.04 Å². The zero-order valence-electron chi connectivity index (χ0n) is 7.07. The van der Waals surface area contributed by atoms with E-state index < -0.39 is 0 Å². The molecule has 0 aliphatic rings. The number of nitrogens with two attached hydrogens (primary N) is 1. The molecule has 0 unspecified atom stereocenters. The minimum absolute atomic E-state index is 0.0735. The second-order valence-electron chi connectivity index (χ2n) is 2.89. The molecule has 0 spiro atoms. The Balaban J connectivity index is 3.27. The molecule has 0 bridgehead atoms. The van der Waals surface area contributed by atoms with E-state index in [1.165, 1.54) is 0 Å².